The molecule has 4 rings (SSSR count). The molecule has 0 bridgehead atoms. The molecule has 0 spiro atoms. The Labute approximate surface area is 169 Å². The Kier molecular flexibility index (Phi) is 5.04. The van der Waals surface area contributed by atoms with Crippen LogP contribution < -0.4 is 5.32 Å². The van der Waals surface area contributed by atoms with E-state index < -0.39 is 27.8 Å². The zero-order valence-corrected chi connectivity index (χ0v) is 16.7. The molecule has 1 aliphatic rings. The van der Waals surface area contributed by atoms with Crippen LogP contribution in [0.2, 0.25) is 5.02 Å². The van der Waals surface area contributed by atoms with Crippen LogP contribution in [0.25, 0.3) is 11.0 Å². The van der Waals surface area contributed by atoms with E-state index >= 15 is 0 Å². The maximum absolute atomic E-state index is 13.3. The fourth-order valence-corrected chi connectivity index (χ4v) is 5.80. The van der Waals surface area contributed by atoms with Gasteiger partial charge in [0.25, 0.3) is 0 Å². The Balaban J connectivity index is 1.63. The minimum absolute atomic E-state index is 0.0308. The Morgan fingerprint density at radius 3 is 2.89 bits per heavy atom. The Bertz CT molecular complexity index is 1170. The summed E-state index contributed by atoms with van der Waals surface area (Å²) in [4.78, 5) is 12.8. The van der Waals surface area contributed by atoms with Crippen LogP contribution in [-0.2, 0) is 14.8 Å². The van der Waals surface area contributed by atoms with Gasteiger partial charge in [-0.3, -0.25) is 4.79 Å². The maximum atomic E-state index is 13.3. The zero-order valence-electron chi connectivity index (χ0n) is 14.3. The molecule has 0 saturated carbocycles. The van der Waals surface area contributed by atoms with Crippen LogP contribution in [-0.4, -0.2) is 40.0 Å². The number of carbonyl (C=O) groups is 1. The number of rotatable bonds is 4. The van der Waals surface area contributed by atoms with Crippen LogP contribution in [0.4, 0.5) is 10.1 Å². The van der Waals surface area contributed by atoms with Crippen molar-refractivity contribution in [2.45, 2.75) is 23.8 Å². The molecular formula is C17H14ClFN4O3S2. The highest BCUT2D eigenvalue weighted by molar-refractivity contribution is 7.89. The second kappa shape index (κ2) is 7.36. The van der Waals surface area contributed by atoms with Crippen LogP contribution in [0, 0.1) is 5.82 Å². The van der Waals surface area contributed by atoms with Crippen LogP contribution in [0.5, 0.6) is 0 Å². The van der Waals surface area contributed by atoms with Gasteiger partial charge in [0.05, 0.1) is 16.8 Å². The van der Waals surface area contributed by atoms with Gasteiger partial charge in [0, 0.05) is 12.2 Å². The number of anilines is 1. The number of sulfonamides is 1. The van der Waals surface area contributed by atoms with Crippen molar-refractivity contribution in [1.82, 2.24) is 13.1 Å². The largest absolute Gasteiger partial charge is 0.325 e. The Morgan fingerprint density at radius 2 is 2.11 bits per heavy atom. The van der Waals surface area contributed by atoms with Gasteiger partial charge in [-0.25, -0.2) is 12.8 Å². The molecule has 2 aromatic carbocycles. The van der Waals surface area contributed by atoms with Crippen LogP contribution in [0.3, 0.4) is 0 Å². The number of nitrogens with one attached hydrogen (secondary N) is 1. The number of amides is 1. The third-order valence-corrected chi connectivity index (χ3v) is 7.30. The van der Waals surface area contributed by atoms with Gasteiger partial charge in [0.1, 0.15) is 27.8 Å². The topological polar surface area (TPSA) is 92.3 Å². The first-order valence-electron chi connectivity index (χ1n) is 8.37. The van der Waals surface area contributed by atoms with Crippen molar-refractivity contribution in [1.29, 1.82) is 0 Å². The summed E-state index contributed by atoms with van der Waals surface area (Å²) in [6, 6.07) is 7.66. The van der Waals surface area contributed by atoms with Gasteiger partial charge in [0.15, 0.2) is 0 Å². The number of hydrogen-bond acceptors (Lipinski definition) is 6. The lowest BCUT2D eigenvalue weighted by atomic mass is 10.2. The smallest absolute Gasteiger partial charge is 0.246 e. The van der Waals surface area contributed by atoms with Crippen molar-refractivity contribution in [2.24, 2.45) is 0 Å². The molecule has 1 aromatic heterocycles. The van der Waals surface area contributed by atoms with Crippen LogP contribution in [0.15, 0.2) is 41.3 Å². The summed E-state index contributed by atoms with van der Waals surface area (Å²) in [6.07, 6.45) is 0.929. The minimum Gasteiger partial charge on any atom is -0.325 e. The zero-order chi connectivity index (χ0) is 19.9. The molecule has 3 aromatic rings. The van der Waals surface area contributed by atoms with Crippen molar-refractivity contribution >= 4 is 56.0 Å². The predicted octanol–water partition coefficient (Wildman–Crippen LogP) is 3.28. The molecule has 11 heteroatoms. The number of fused-ring (bicyclic) bond motifs is 1. The second-order valence-corrected chi connectivity index (χ2v) is 9.07. The van der Waals surface area contributed by atoms with Crippen molar-refractivity contribution in [3.8, 4) is 0 Å². The summed E-state index contributed by atoms with van der Waals surface area (Å²) in [6.45, 7) is 0.221. The lowest BCUT2D eigenvalue weighted by molar-refractivity contribution is -0.119. The van der Waals surface area contributed by atoms with Gasteiger partial charge in [-0.15, -0.1) is 0 Å². The fourth-order valence-electron chi connectivity index (χ4n) is 3.21. The van der Waals surface area contributed by atoms with Gasteiger partial charge in [-0.1, -0.05) is 17.7 Å². The lowest BCUT2D eigenvalue weighted by Crippen LogP contribution is -2.43. The Morgan fingerprint density at radius 1 is 1.29 bits per heavy atom. The highest BCUT2D eigenvalue weighted by atomic mass is 35.5. The molecular weight excluding hydrogens is 427 g/mol. The summed E-state index contributed by atoms with van der Waals surface area (Å²) in [5.74, 6) is -1.10. The van der Waals surface area contributed by atoms with E-state index in [9.17, 15) is 17.6 Å². The number of halogens is 2. The molecule has 1 unspecified atom stereocenters. The molecule has 1 saturated heterocycles. The first kappa shape index (κ1) is 19.2. The second-order valence-electron chi connectivity index (χ2n) is 6.28. The van der Waals surface area contributed by atoms with Crippen molar-refractivity contribution in [2.75, 3.05) is 11.9 Å². The quantitative estimate of drug-likeness (QED) is 0.672. The number of carbonyl (C=O) groups excluding carboxylic acids is 1. The SMILES string of the molecule is O=C(Nc1ccc(F)c(Cl)c1)C1CCCN1S(=O)(=O)c1cccc2nsnc12. The molecule has 7 nitrogen and oxygen atoms in total. The minimum atomic E-state index is -3.95. The van der Waals surface area contributed by atoms with Crippen molar-refractivity contribution in [3.05, 3.63) is 47.2 Å². The molecule has 1 atom stereocenters. The number of benzene rings is 2. The molecule has 1 aliphatic heterocycles. The average Bonchev–Trinajstić information content (AvgIpc) is 3.33. The van der Waals surface area contributed by atoms with E-state index in [1.165, 1.54) is 22.5 Å². The predicted molar refractivity (Wildman–Crippen MR) is 104 cm³/mol. The van der Waals surface area contributed by atoms with E-state index in [-0.39, 0.29) is 16.5 Å². The first-order valence-corrected chi connectivity index (χ1v) is 10.9. The van der Waals surface area contributed by atoms with Crippen LogP contribution >= 0.6 is 23.3 Å². The summed E-state index contributed by atoms with van der Waals surface area (Å²) in [5.41, 5.74) is 1.09. The van der Waals surface area contributed by atoms with Gasteiger partial charge < -0.3 is 5.32 Å². The van der Waals surface area contributed by atoms with Gasteiger partial charge >= 0.3 is 0 Å². The first-order chi connectivity index (χ1) is 13.4. The van der Waals surface area contributed by atoms with Crippen molar-refractivity contribution in [3.63, 3.8) is 0 Å². The average molecular weight is 441 g/mol. The summed E-state index contributed by atoms with van der Waals surface area (Å²) < 4.78 is 49.1. The summed E-state index contributed by atoms with van der Waals surface area (Å²) in [5, 5.41) is 2.49. The van der Waals surface area contributed by atoms with Gasteiger partial charge in [0.2, 0.25) is 15.9 Å². The molecule has 0 radical (unpaired) electrons. The lowest BCUT2D eigenvalue weighted by Gasteiger charge is -2.23. The molecule has 1 N–H and O–H groups in total. The monoisotopic (exact) mass is 440 g/mol. The van der Waals surface area contributed by atoms with E-state index in [0.717, 1.165) is 17.8 Å². The highest BCUT2D eigenvalue weighted by Crippen LogP contribution is 2.30. The number of hydrogen-bond donors (Lipinski definition) is 1. The van der Waals surface area contributed by atoms with Crippen LogP contribution in [0.1, 0.15) is 12.8 Å². The Hall–Kier alpha value is -2.14. The molecule has 0 aliphatic carbocycles. The molecule has 28 heavy (non-hydrogen) atoms. The molecule has 146 valence electrons. The van der Waals surface area contributed by atoms with Gasteiger partial charge in [-0.2, -0.15) is 13.1 Å². The summed E-state index contributed by atoms with van der Waals surface area (Å²) in [7, 11) is -3.95. The molecule has 1 amide bonds. The molecule has 1 fully saturated rings. The summed E-state index contributed by atoms with van der Waals surface area (Å²) >= 11 is 6.67. The number of nitrogens with zero attached hydrogens (tertiary/aromatic N) is 3. The van der Waals surface area contributed by atoms with Gasteiger partial charge in [-0.05, 0) is 43.2 Å². The van der Waals surface area contributed by atoms with E-state index in [4.69, 9.17) is 11.6 Å². The van der Waals surface area contributed by atoms with E-state index in [0.29, 0.717) is 29.6 Å². The fraction of sp³-hybridized carbons (Fsp3) is 0.235. The maximum Gasteiger partial charge on any atom is 0.246 e. The third kappa shape index (κ3) is 3.37. The number of aromatic nitrogens is 2. The van der Waals surface area contributed by atoms with E-state index in [1.54, 1.807) is 12.1 Å². The van der Waals surface area contributed by atoms with E-state index in [2.05, 4.69) is 14.1 Å². The van der Waals surface area contributed by atoms with Crippen molar-refractivity contribution < 1.29 is 17.6 Å². The normalized spacial score (nSPS) is 17.9. The highest BCUT2D eigenvalue weighted by Gasteiger charge is 2.40. The standard InChI is InChI=1S/C17H14ClFN4O3S2/c18-11-9-10(6-7-12(11)19)20-17(24)14-4-2-8-23(14)28(25,26)15-5-1-3-13-16(15)22-27-21-13/h1,3,5-7,9,14H,2,4,8H2,(H,20,24). The molecule has 2 heterocycles. The third-order valence-electron chi connectivity index (χ3n) is 4.53. The van der Waals surface area contributed by atoms with E-state index in [1.807, 2.05) is 0 Å².